The SMILES string of the molecule is COc1ccc(C)cc1NC(=O)[C@H](C)OC(=O)c1cc(C)sc1C. The van der Waals surface area contributed by atoms with E-state index < -0.39 is 18.0 Å². The van der Waals surface area contributed by atoms with Crippen LogP contribution >= 0.6 is 11.3 Å². The molecule has 2 aromatic rings. The van der Waals surface area contributed by atoms with E-state index in [1.54, 1.807) is 25.1 Å². The van der Waals surface area contributed by atoms with Crippen molar-refractivity contribution in [3.8, 4) is 5.75 Å². The third-order valence-electron chi connectivity index (χ3n) is 3.53. The highest BCUT2D eigenvalue weighted by Crippen LogP contribution is 2.26. The first-order valence-electron chi connectivity index (χ1n) is 7.55. The summed E-state index contributed by atoms with van der Waals surface area (Å²) in [7, 11) is 1.53. The molecular weight excluding hydrogens is 326 g/mol. The number of aryl methyl sites for hydroxylation is 3. The second kappa shape index (κ2) is 7.49. The number of thiophene rings is 1. The Morgan fingerprint density at radius 1 is 1.17 bits per heavy atom. The van der Waals surface area contributed by atoms with Crippen LogP contribution in [0.2, 0.25) is 0 Å². The molecule has 1 aromatic carbocycles. The van der Waals surface area contributed by atoms with Gasteiger partial charge in [-0.25, -0.2) is 4.79 Å². The highest BCUT2D eigenvalue weighted by atomic mass is 32.1. The number of hydrogen-bond acceptors (Lipinski definition) is 5. The van der Waals surface area contributed by atoms with E-state index in [9.17, 15) is 9.59 Å². The van der Waals surface area contributed by atoms with E-state index >= 15 is 0 Å². The fourth-order valence-electron chi connectivity index (χ4n) is 2.26. The number of ether oxygens (including phenoxy) is 2. The van der Waals surface area contributed by atoms with Crippen LogP contribution in [-0.2, 0) is 9.53 Å². The first-order chi connectivity index (χ1) is 11.3. The lowest BCUT2D eigenvalue weighted by Gasteiger charge is -2.15. The van der Waals surface area contributed by atoms with Crippen molar-refractivity contribution in [2.75, 3.05) is 12.4 Å². The molecule has 0 spiro atoms. The number of methoxy groups -OCH3 is 1. The van der Waals surface area contributed by atoms with Crippen LogP contribution in [0.15, 0.2) is 24.3 Å². The Morgan fingerprint density at radius 3 is 2.46 bits per heavy atom. The predicted molar refractivity (Wildman–Crippen MR) is 95.0 cm³/mol. The number of benzene rings is 1. The van der Waals surface area contributed by atoms with Crippen molar-refractivity contribution in [1.29, 1.82) is 0 Å². The molecule has 0 aliphatic rings. The lowest BCUT2D eigenvalue weighted by atomic mass is 10.2. The minimum absolute atomic E-state index is 0.406. The lowest BCUT2D eigenvalue weighted by Crippen LogP contribution is -2.30. The number of esters is 1. The number of amides is 1. The van der Waals surface area contributed by atoms with Crippen molar-refractivity contribution in [2.45, 2.75) is 33.8 Å². The van der Waals surface area contributed by atoms with Crippen LogP contribution in [0.4, 0.5) is 5.69 Å². The molecule has 5 nitrogen and oxygen atoms in total. The number of carbonyl (C=O) groups is 2. The van der Waals surface area contributed by atoms with Crippen LogP contribution in [0.3, 0.4) is 0 Å². The average Bonchev–Trinajstić information content (AvgIpc) is 2.86. The second-order valence-electron chi connectivity index (χ2n) is 5.57. The molecule has 1 atom stereocenters. The van der Waals surface area contributed by atoms with Crippen molar-refractivity contribution in [3.63, 3.8) is 0 Å². The Morgan fingerprint density at radius 2 is 1.88 bits per heavy atom. The van der Waals surface area contributed by atoms with E-state index in [-0.39, 0.29) is 0 Å². The number of anilines is 1. The van der Waals surface area contributed by atoms with Crippen LogP contribution in [0, 0.1) is 20.8 Å². The van der Waals surface area contributed by atoms with Crippen molar-refractivity contribution >= 4 is 28.9 Å². The predicted octanol–water partition coefficient (Wildman–Crippen LogP) is 3.87. The summed E-state index contributed by atoms with van der Waals surface area (Å²) in [6.45, 7) is 7.25. The monoisotopic (exact) mass is 347 g/mol. The Balaban J connectivity index is 2.06. The summed E-state index contributed by atoms with van der Waals surface area (Å²) in [5.41, 5.74) is 2.04. The van der Waals surface area contributed by atoms with Gasteiger partial charge in [-0.15, -0.1) is 11.3 Å². The van der Waals surface area contributed by atoms with Crippen molar-refractivity contribution < 1.29 is 19.1 Å². The van der Waals surface area contributed by atoms with E-state index in [0.717, 1.165) is 15.3 Å². The normalized spacial score (nSPS) is 11.7. The highest BCUT2D eigenvalue weighted by Gasteiger charge is 2.22. The van der Waals surface area contributed by atoms with E-state index in [4.69, 9.17) is 9.47 Å². The zero-order valence-electron chi connectivity index (χ0n) is 14.4. The fourth-order valence-corrected chi connectivity index (χ4v) is 3.18. The van der Waals surface area contributed by atoms with Crippen LogP contribution in [0.1, 0.15) is 32.6 Å². The van der Waals surface area contributed by atoms with Gasteiger partial charge in [0.15, 0.2) is 6.10 Å². The van der Waals surface area contributed by atoms with E-state index in [1.807, 2.05) is 26.8 Å². The van der Waals surface area contributed by atoms with Gasteiger partial charge in [0.2, 0.25) is 0 Å². The first kappa shape index (κ1) is 18.0. The van der Waals surface area contributed by atoms with Crippen molar-refractivity contribution in [2.24, 2.45) is 0 Å². The summed E-state index contributed by atoms with van der Waals surface area (Å²) in [5, 5.41) is 2.74. The molecule has 0 bridgehead atoms. The molecule has 24 heavy (non-hydrogen) atoms. The molecule has 0 aliphatic heterocycles. The number of carbonyl (C=O) groups excluding carboxylic acids is 2. The molecule has 0 radical (unpaired) electrons. The second-order valence-corrected chi connectivity index (χ2v) is 7.03. The zero-order chi connectivity index (χ0) is 17.9. The summed E-state index contributed by atoms with van der Waals surface area (Å²) in [5.74, 6) is -0.343. The molecule has 1 N–H and O–H groups in total. The molecule has 0 unspecified atom stereocenters. The molecular formula is C18H21NO4S. The largest absolute Gasteiger partial charge is 0.495 e. The van der Waals surface area contributed by atoms with Gasteiger partial charge in [0.25, 0.3) is 5.91 Å². The van der Waals surface area contributed by atoms with Crippen molar-refractivity contribution in [3.05, 3.63) is 45.1 Å². The fraction of sp³-hybridized carbons (Fsp3) is 0.333. The Labute approximate surface area is 145 Å². The Bertz CT molecular complexity index is 766. The van der Waals surface area contributed by atoms with Gasteiger partial charge in [-0.05, 0) is 51.5 Å². The molecule has 0 saturated carbocycles. The van der Waals surface area contributed by atoms with Gasteiger partial charge in [-0.2, -0.15) is 0 Å². The minimum Gasteiger partial charge on any atom is -0.495 e. The maximum atomic E-state index is 12.3. The minimum atomic E-state index is -0.915. The topological polar surface area (TPSA) is 64.6 Å². The molecule has 0 aliphatic carbocycles. The Hall–Kier alpha value is -2.34. The third-order valence-corrected chi connectivity index (χ3v) is 4.49. The maximum absolute atomic E-state index is 12.3. The molecule has 1 aromatic heterocycles. The first-order valence-corrected chi connectivity index (χ1v) is 8.37. The van der Waals surface area contributed by atoms with Gasteiger partial charge in [-0.1, -0.05) is 6.07 Å². The molecule has 1 heterocycles. The molecule has 2 rings (SSSR count). The molecule has 6 heteroatoms. The smallest absolute Gasteiger partial charge is 0.340 e. The molecule has 1 amide bonds. The van der Waals surface area contributed by atoms with Crippen LogP contribution in [-0.4, -0.2) is 25.1 Å². The van der Waals surface area contributed by atoms with Gasteiger partial charge in [0.05, 0.1) is 18.4 Å². The van der Waals surface area contributed by atoms with Crippen molar-refractivity contribution in [1.82, 2.24) is 0 Å². The lowest BCUT2D eigenvalue weighted by molar-refractivity contribution is -0.123. The molecule has 0 saturated heterocycles. The average molecular weight is 347 g/mol. The van der Waals surface area contributed by atoms with Crippen LogP contribution in [0.5, 0.6) is 5.75 Å². The van der Waals surface area contributed by atoms with E-state index in [0.29, 0.717) is 17.0 Å². The number of nitrogens with one attached hydrogen (secondary N) is 1. The van der Waals surface area contributed by atoms with Gasteiger partial charge in [-0.3, -0.25) is 4.79 Å². The summed E-state index contributed by atoms with van der Waals surface area (Å²) in [4.78, 5) is 26.4. The van der Waals surface area contributed by atoms with Crippen LogP contribution < -0.4 is 10.1 Å². The van der Waals surface area contributed by atoms with E-state index in [2.05, 4.69) is 5.32 Å². The highest BCUT2D eigenvalue weighted by molar-refractivity contribution is 7.12. The van der Waals surface area contributed by atoms with Crippen LogP contribution in [0.25, 0.3) is 0 Å². The van der Waals surface area contributed by atoms with Gasteiger partial charge in [0.1, 0.15) is 5.75 Å². The summed E-state index contributed by atoms with van der Waals surface area (Å²) in [6.07, 6.45) is -0.915. The maximum Gasteiger partial charge on any atom is 0.340 e. The van der Waals surface area contributed by atoms with E-state index in [1.165, 1.54) is 18.4 Å². The number of rotatable bonds is 5. The zero-order valence-corrected chi connectivity index (χ0v) is 15.2. The van der Waals surface area contributed by atoms with Gasteiger partial charge in [0, 0.05) is 9.75 Å². The summed E-state index contributed by atoms with van der Waals surface area (Å²) in [6, 6.07) is 7.24. The summed E-state index contributed by atoms with van der Waals surface area (Å²) < 4.78 is 10.5. The quantitative estimate of drug-likeness (QED) is 0.834. The molecule has 128 valence electrons. The molecule has 0 fully saturated rings. The Kier molecular flexibility index (Phi) is 5.62. The number of hydrogen-bond donors (Lipinski definition) is 1. The van der Waals surface area contributed by atoms with Gasteiger partial charge >= 0.3 is 5.97 Å². The third kappa shape index (κ3) is 4.14. The standard InChI is InChI=1S/C18H21NO4S/c1-10-6-7-16(22-5)15(8-10)19-17(20)12(3)23-18(21)14-9-11(2)24-13(14)4/h6-9,12H,1-5H3,(H,19,20)/t12-/m0/s1. The van der Waals surface area contributed by atoms with Gasteiger partial charge < -0.3 is 14.8 Å². The summed E-state index contributed by atoms with van der Waals surface area (Å²) >= 11 is 1.52.